The van der Waals surface area contributed by atoms with Crippen LogP contribution in [0.3, 0.4) is 0 Å². The van der Waals surface area contributed by atoms with Crippen LogP contribution in [0.5, 0.6) is 0 Å². The van der Waals surface area contributed by atoms with E-state index in [0.29, 0.717) is 17.7 Å². The smallest absolute Gasteiger partial charge is 0.262 e. The fourth-order valence-electron chi connectivity index (χ4n) is 6.74. The molecule has 2 aliphatic rings. The highest BCUT2D eigenvalue weighted by Crippen LogP contribution is 2.32. The van der Waals surface area contributed by atoms with E-state index in [2.05, 4.69) is 69.8 Å². The van der Waals surface area contributed by atoms with Gasteiger partial charge in [0, 0.05) is 49.0 Å². The van der Waals surface area contributed by atoms with Crippen LogP contribution in [0, 0.1) is 6.92 Å². The fraction of sp³-hybridized carbons (Fsp3) is 0.444. The van der Waals surface area contributed by atoms with Crippen LogP contribution in [0.25, 0.3) is 10.1 Å². The Kier molecular flexibility index (Phi) is 9.79. The molecule has 0 spiro atoms. The van der Waals surface area contributed by atoms with Crippen LogP contribution >= 0.6 is 11.3 Å². The molecule has 2 aromatic carbocycles. The molecule has 3 heterocycles. The first-order valence-corrected chi connectivity index (χ1v) is 16.9. The summed E-state index contributed by atoms with van der Waals surface area (Å²) in [5.41, 5.74) is 2.77. The van der Waals surface area contributed by atoms with E-state index in [1.165, 1.54) is 28.0 Å². The summed E-state index contributed by atoms with van der Waals surface area (Å²) in [4.78, 5) is 33.2. The Bertz CT molecular complexity index is 1520. The van der Waals surface area contributed by atoms with Crippen LogP contribution in [0.2, 0.25) is 0 Å². The summed E-state index contributed by atoms with van der Waals surface area (Å²) < 4.78 is 6.33. The number of aryl methyl sites for hydroxylation is 1. The van der Waals surface area contributed by atoms with Crippen molar-refractivity contribution in [2.75, 3.05) is 32.7 Å². The normalized spacial score (nSPS) is 17.9. The minimum atomic E-state index is -0.858. The molecule has 2 fully saturated rings. The molecule has 2 N–H and O–H groups in total. The molecule has 4 aromatic rings. The number of nitrogens with one attached hydrogen (secondary N) is 2. The Morgan fingerprint density at radius 2 is 1.73 bits per heavy atom. The summed E-state index contributed by atoms with van der Waals surface area (Å²) in [6.45, 7) is 8.24. The molecule has 1 aliphatic carbocycles. The second-order valence-electron chi connectivity index (χ2n) is 12.6. The van der Waals surface area contributed by atoms with Gasteiger partial charge < -0.3 is 20.0 Å². The lowest BCUT2D eigenvalue weighted by Crippen LogP contribution is -2.59. The average molecular weight is 613 g/mol. The van der Waals surface area contributed by atoms with Crippen molar-refractivity contribution in [2.45, 2.75) is 70.0 Å². The molecule has 1 aliphatic heterocycles. The van der Waals surface area contributed by atoms with Gasteiger partial charge in [-0.1, -0.05) is 55.3 Å². The lowest BCUT2D eigenvalue weighted by atomic mass is 9.94. The maximum atomic E-state index is 14.0. The summed E-state index contributed by atoms with van der Waals surface area (Å²) in [6.07, 6.45) is 9.50. The molecule has 1 atom stereocenters. The third kappa shape index (κ3) is 7.60. The molecule has 1 saturated heterocycles. The van der Waals surface area contributed by atoms with E-state index in [1.807, 2.05) is 24.5 Å². The molecule has 0 unspecified atom stereocenters. The number of carbonyl (C=O) groups is 2. The van der Waals surface area contributed by atoms with Crippen molar-refractivity contribution in [3.8, 4) is 0 Å². The Morgan fingerprint density at radius 1 is 0.955 bits per heavy atom. The predicted octanol–water partition coefficient (Wildman–Crippen LogP) is 6.17. The number of nitrogens with zero attached hydrogens (tertiary/aromatic N) is 2. The van der Waals surface area contributed by atoms with E-state index < -0.39 is 5.54 Å². The first-order valence-electron chi connectivity index (χ1n) is 16.1. The zero-order chi connectivity index (χ0) is 30.4. The SMILES string of the molecule is Cc1ccc2cc(C(=O)NC3(C(=O)N[C@@H](CCCN4CCN(Cc5ccoc5)CC4)Cc4ccccc4)CCCC3)sc2c1. The minimum Gasteiger partial charge on any atom is -0.472 e. The van der Waals surface area contributed by atoms with E-state index in [4.69, 9.17) is 4.42 Å². The lowest BCUT2D eigenvalue weighted by molar-refractivity contribution is -0.128. The molecular weight excluding hydrogens is 568 g/mol. The van der Waals surface area contributed by atoms with Gasteiger partial charge in [0.15, 0.2) is 0 Å². The van der Waals surface area contributed by atoms with Gasteiger partial charge in [0.05, 0.1) is 17.4 Å². The van der Waals surface area contributed by atoms with Crippen LogP contribution in [0.4, 0.5) is 0 Å². The van der Waals surface area contributed by atoms with Crippen molar-refractivity contribution in [3.63, 3.8) is 0 Å². The molecule has 8 heteroatoms. The van der Waals surface area contributed by atoms with Crippen molar-refractivity contribution < 1.29 is 14.0 Å². The molecule has 1 saturated carbocycles. The van der Waals surface area contributed by atoms with Gasteiger partial charge >= 0.3 is 0 Å². The summed E-state index contributed by atoms with van der Waals surface area (Å²) in [6, 6.07) is 20.7. The Hall–Kier alpha value is -3.46. The highest BCUT2D eigenvalue weighted by atomic mass is 32.1. The van der Waals surface area contributed by atoms with Crippen LogP contribution in [0.15, 0.2) is 77.6 Å². The lowest BCUT2D eigenvalue weighted by Gasteiger charge is -2.35. The highest BCUT2D eigenvalue weighted by Gasteiger charge is 2.43. The Labute approximate surface area is 264 Å². The second-order valence-corrected chi connectivity index (χ2v) is 13.7. The van der Waals surface area contributed by atoms with E-state index in [0.717, 1.165) is 81.5 Å². The summed E-state index contributed by atoms with van der Waals surface area (Å²) in [5, 5.41) is 7.71. The molecular formula is C36H44N4O3S. The van der Waals surface area contributed by atoms with Gasteiger partial charge in [0.1, 0.15) is 5.54 Å². The third-order valence-corrected chi connectivity index (χ3v) is 10.4. The molecule has 0 bridgehead atoms. The van der Waals surface area contributed by atoms with Gasteiger partial charge in [-0.2, -0.15) is 0 Å². The van der Waals surface area contributed by atoms with Crippen molar-refractivity contribution in [3.05, 3.63) is 94.8 Å². The number of hydrogen-bond acceptors (Lipinski definition) is 6. The van der Waals surface area contributed by atoms with E-state index >= 15 is 0 Å². The molecule has 232 valence electrons. The molecule has 0 radical (unpaired) electrons. The van der Waals surface area contributed by atoms with Crippen LogP contribution in [-0.4, -0.2) is 65.9 Å². The summed E-state index contributed by atoms with van der Waals surface area (Å²) in [7, 11) is 0. The highest BCUT2D eigenvalue weighted by molar-refractivity contribution is 7.20. The molecule has 6 rings (SSSR count). The average Bonchev–Trinajstić information content (AvgIpc) is 3.80. The topological polar surface area (TPSA) is 77.8 Å². The molecule has 2 amide bonds. The van der Waals surface area contributed by atoms with Gasteiger partial charge in [-0.3, -0.25) is 14.5 Å². The van der Waals surface area contributed by atoms with Gasteiger partial charge in [0.25, 0.3) is 5.91 Å². The first kappa shape index (κ1) is 30.6. The van der Waals surface area contributed by atoms with Gasteiger partial charge in [-0.25, -0.2) is 0 Å². The zero-order valence-corrected chi connectivity index (χ0v) is 26.5. The monoisotopic (exact) mass is 612 g/mol. The number of thiophene rings is 1. The van der Waals surface area contributed by atoms with Crippen molar-refractivity contribution in [1.29, 1.82) is 0 Å². The standard InChI is InChI=1S/C36H44N4O3S/c1-27-11-12-30-24-33(44-32(30)22-27)34(41)38-36(14-5-6-15-36)35(42)37-31(23-28-8-3-2-4-9-28)10-7-16-39-17-19-40(20-18-39)25-29-13-21-43-26-29/h2-4,8-9,11-13,21-22,24,26,31H,5-7,10,14-20,23,25H2,1H3,(H,37,42)(H,38,41)/t31-/m0/s1. The Morgan fingerprint density at radius 3 is 2.48 bits per heavy atom. The third-order valence-electron chi connectivity index (χ3n) is 9.28. The van der Waals surface area contributed by atoms with Crippen molar-refractivity contribution in [1.82, 2.24) is 20.4 Å². The minimum absolute atomic E-state index is 0.00829. The maximum Gasteiger partial charge on any atom is 0.262 e. The van der Waals surface area contributed by atoms with Gasteiger partial charge in [-0.05, 0) is 80.3 Å². The Balaban J connectivity index is 1.07. The number of fused-ring (bicyclic) bond motifs is 1. The quantitative estimate of drug-likeness (QED) is 0.200. The van der Waals surface area contributed by atoms with E-state index in [1.54, 1.807) is 6.26 Å². The van der Waals surface area contributed by atoms with E-state index in [9.17, 15) is 9.59 Å². The van der Waals surface area contributed by atoms with Crippen molar-refractivity contribution in [2.24, 2.45) is 0 Å². The largest absolute Gasteiger partial charge is 0.472 e. The maximum absolute atomic E-state index is 14.0. The molecule has 7 nitrogen and oxygen atoms in total. The van der Waals surface area contributed by atoms with Crippen molar-refractivity contribution >= 4 is 33.2 Å². The number of piperazine rings is 1. The van der Waals surface area contributed by atoms with Crippen LogP contribution < -0.4 is 10.6 Å². The number of amides is 2. The number of hydrogen-bond donors (Lipinski definition) is 2. The molecule has 44 heavy (non-hydrogen) atoms. The zero-order valence-electron chi connectivity index (χ0n) is 25.7. The van der Waals surface area contributed by atoms with Crippen LogP contribution in [-0.2, 0) is 17.8 Å². The number of furan rings is 1. The molecule has 2 aromatic heterocycles. The fourth-order valence-corrected chi connectivity index (χ4v) is 7.79. The summed E-state index contributed by atoms with van der Waals surface area (Å²) in [5.74, 6) is -0.179. The predicted molar refractivity (Wildman–Crippen MR) is 177 cm³/mol. The summed E-state index contributed by atoms with van der Waals surface area (Å²) >= 11 is 1.50. The number of carbonyl (C=O) groups excluding carboxylic acids is 2. The van der Waals surface area contributed by atoms with Gasteiger partial charge in [0.2, 0.25) is 5.91 Å². The van der Waals surface area contributed by atoms with E-state index in [-0.39, 0.29) is 17.9 Å². The van der Waals surface area contributed by atoms with Crippen LogP contribution in [0.1, 0.15) is 64.9 Å². The number of rotatable bonds is 12. The van der Waals surface area contributed by atoms with Gasteiger partial charge in [-0.15, -0.1) is 11.3 Å². The second kappa shape index (κ2) is 14.1. The first-order chi connectivity index (χ1) is 21.5. The number of benzene rings is 2.